The van der Waals surface area contributed by atoms with Crippen molar-refractivity contribution in [3.63, 3.8) is 0 Å². The van der Waals surface area contributed by atoms with Crippen LogP contribution in [0.4, 0.5) is 0 Å². The first-order valence-electron chi connectivity index (χ1n) is 7.12. The van der Waals surface area contributed by atoms with Crippen molar-refractivity contribution in [3.05, 3.63) is 90.0 Å². The predicted octanol–water partition coefficient (Wildman–Crippen LogP) is 4.95. The van der Waals surface area contributed by atoms with E-state index in [0.29, 0.717) is 0 Å². The van der Waals surface area contributed by atoms with Crippen LogP contribution in [0.25, 0.3) is 11.1 Å². The lowest BCUT2D eigenvalue weighted by Gasteiger charge is -2.07. The molecule has 0 saturated carbocycles. The average molecular weight is 274 g/mol. The van der Waals surface area contributed by atoms with Gasteiger partial charge in [-0.2, -0.15) is 0 Å². The van der Waals surface area contributed by atoms with Crippen LogP contribution in [-0.4, -0.2) is 7.11 Å². The zero-order chi connectivity index (χ0) is 14.5. The Labute approximate surface area is 125 Å². The number of methoxy groups -OCH3 is 1. The van der Waals surface area contributed by atoms with Crippen molar-refractivity contribution in [1.82, 2.24) is 0 Å². The molecule has 0 saturated heterocycles. The van der Waals surface area contributed by atoms with Gasteiger partial charge < -0.3 is 4.74 Å². The number of benzene rings is 3. The molecule has 3 aromatic rings. The van der Waals surface area contributed by atoms with Crippen molar-refractivity contribution in [2.24, 2.45) is 0 Å². The summed E-state index contributed by atoms with van der Waals surface area (Å²) in [4.78, 5) is 0. The summed E-state index contributed by atoms with van der Waals surface area (Å²) in [5, 5.41) is 0. The van der Waals surface area contributed by atoms with Gasteiger partial charge in [0.15, 0.2) is 0 Å². The van der Waals surface area contributed by atoms with Crippen molar-refractivity contribution in [3.8, 4) is 16.9 Å². The summed E-state index contributed by atoms with van der Waals surface area (Å²) in [5.74, 6) is 0.888. The minimum Gasteiger partial charge on any atom is -0.497 e. The van der Waals surface area contributed by atoms with Gasteiger partial charge in [-0.3, -0.25) is 0 Å². The Morgan fingerprint density at radius 3 is 2.10 bits per heavy atom. The maximum Gasteiger partial charge on any atom is 0.118 e. The van der Waals surface area contributed by atoms with Crippen LogP contribution in [-0.2, 0) is 6.42 Å². The number of rotatable bonds is 4. The van der Waals surface area contributed by atoms with Crippen LogP contribution in [0, 0.1) is 0 Å². The Bertz CT molecular complexity index is 699. The van der Waals surface area contributed by atoms with Crippen LogP contribution < -0.4 is 4.74 Å². The molecule has 0 unspecified atom stereocenters. The molecule has 0 N–H and O–H groups in total. The summed E-state index contributed by atoms with van der Waals surface area (Å²) in [7, 11) is 1.69. The maximum atomic E-state index is 5.21. The number of hydrogen-bond donors (Lipinski definition) is 0. The second kappa shape index (κ2) is 6.27. The third kappa shape index (κ3) is 3.32. The Kier molecular flexibility index (Phi) is 4.02. The van der Waals surface area contributed by atoms with Gasteiger partial charge in [-0.1, -0.05) is 66.7 Å². The zero-order valence-corrected chi connectivity index (χ0v) is 12.1. The van der Waals surface area contributed by atoms with Crippen molar-refractivity contribution in [1.29, 1.82) is 0 Å². The van der Waals surface area contributed by atoms with Gasteiger partial charge in [0, 0.05) is 0 Å². The largest absolute Gasteiger partial charge is 0.497 e. The molecule has 0 heterocycles. The smallest absolute Gasteiger partial charge is 0.118 e. The van der Waals surface area contributed by atoms with Crippen molar-refractivity contribution in [2.75, 3.05) is 7.11 Å². The van der Waals surface area contributed by atoms with E-state index in [1.807, 2.05) is 12.1 Å². The SMILES string of the molecule is COc1ccc(-c2cccc(Cc3ccccc3)c2)cc1. The summed E-state index contributed by atoms with van der Waals surface area (Å²) in [6.07, 6.45) is 0.963. The molecule has 0 bridgehead atoms. The predicted molar refractivity (Wildman–Crippen MR) is 87.7 cm³/mol. The summed E-state index contributed by atoms with van der Waals surface area (Å²) < 4.78 is 5.21. The number of hydrogen-bond acceptors (Lipinski definition) is 1. The van der Waals surface area contributed by atoms with Crippen molar-refractivity contribution < 1.29 is 4.74 Å². The lowest BCUT2D eigenvalue weighted by molar-refractivity contribution is 0.415. The van der Waals surface area contributed by atoms with Gasteiger partial charge >= 0.3 is 0 Å². The van der Waals surface area contributed by atoms with Crippen molar-refractivity contribution >= 4 is 0 Å². The Morgan fingerprint density at radius 2 is 1.38 bits per heavy atom. The normalized spacial score (nSPS) is 10.3. The van der Waals surface area contributed by atoms with Crippen molar-refractivity contribution in [2.45, 2.75) is 6.42 Å². The van der Waals surface area contributed by atoms with Crippen LogP contribution >= 0.6 is 0 Å². The molecular formula is C20H18O. The molecule has 0 atom stereocenters. The van der Waals surface area contributed by atoms with Gasteiger partial charge in [-0.15, -0.1) is 0 Å². The third-order valence-corrected chi connectivity index (χ3v) is 3.60. The second-order valence-corrected chi connectivity index (χ2v) is 5.09. The van der Waals surface area contributed by atoms with E-state index in [-0.39, 0.29) is 0 Å². The molecule has 0 spiro atoms. The molecule has 0 aliphatic rings. The van der Waals surface area contributed by atoms with E-state index in [1.165, 1.54) is 22.3 Å². The van der Waals surface area contributed by atoms with Gasteiger partial charge in [0.2, 0.25) is 0 Å². The molecule has 0 amide bonds. The fraction of sp³-hybridized carbons (Fsp3) is 0.100. The zero-order valence-electron chi connectivity index (χ0n) is 12.1. The highest BCUT2D eigenvalue weighted by Gasteiger charge is 2.01. The van der Waals surface area contributed by atoms with E-state index in [4.69, 9.17) is 4.74 Å². The first kappa shape index (κ1) is 13.4. The Balaban J connectivity index is 1.85. The highest BCUT2D eigenvalue weighted by Crippen LogP contribution is 2.24. The van der Waals surface area contributed by atoms with Gasteiger partial charge in [0.1, 0.15) is 5.75 Å². The molecule has 0 aliphatic heterocycles. The minimum atomic E-state index is 0.888. The third-order valence-electron chi connectivity index (χ3n) is 3.60. The molecule has 21 heavy (non-hydrogen) atoms. The first-order valence-corrected chi connectivity index (χ1v) is 7.12. The molecule has 0 aromatic heterocycles. The fourth-order valence-electron chi connectivity index (χ4n) is 2.48. The molecule has 0 radical (unpaired) electrons. The summed E-state index contributed by atoms with van der Waals surface area (Å²) >= 11 is 0. The highest BCUT2D eigenvalue weighted by molar-refractivity contribution is 5.65. The Hall–Kier alpha value is -2.54. The van der Waals surface area contributed by atoms with Gasteiger partial charge in [-0.25, -0.2) is 0 Å². The molecular weight excluding hydrogens is 256 g/mol. The van der Waals surface area contributed by atoms with E-state index in [9.17, 15) is 0 Å². The molecule has 0 aliphatic carbocycles. The molecule has 3 rings (SSSR count). The van der Waals surface area contributed by atoms with Gasteiger partial charge in [-0.05, 0) is 40.8 Å². The lowest BCUT2D eigenvalue weighted by atomic mass is 9.99. The van der Waals surface area contributed by atoms with E-state index in [0.717, 1.165) is 12.2 Å². The van der Waals surface area contributed by atoms with E-state index in [2.05, 4.69) is 66.7 Å². The molecule has 1 nitrogen and oxygen atoms in total. The lowest BCUT2D eigenvalue weighted by Crippen LogP contribution is -1.89. The van der Waals surface area contributed by atoms with Crippen LogP contribution in [0.5, 0.6) is 5.75 Å². The first-order chi connectivity index (χ1) is 10.3. The van der Waals surface area contributed by atoms with Crippen LogP contribution in [0.15, 0.2) is 78.9 Å². The minimum absolute atomic E-state index is 0.888. The van der Waals surface area contributed by atoms with E-state index >= 15 is 0 Å². The quantitative estimate of drug-likeness (QED) is 0.654. The standard InChI is InChI=1S/C20H18O/c1-21-20-12-10-18(11-13-20)19-9-5-8-17(15-19)14-16-6-3-2-4-7-16/h2-13,15H,14H2,1H3. The summed E-state index contributed by atoms with van der Waals surface area (Å²) in [5.41, 5.74) is 5.12. The van der Waals surface area contributed by atoms with Gasteiger partial charge in [0.05, 0.1) is 7.11 Å². The summed E-state index contributed by atoms with van der Waals surface area (Å²) in [6.45, 7) is 0. The molecule has 1 heteroatoms. The number of ether oxygens (including phenoxy) is 1. The van der Waals surface area contributed by atoms with E-state index < -0.39 is 0 Å². The maximum absolute atomic E-state index is 5.21. The van der Waals surface area contributed by atoms with Crippen LogP contribution in [0.1, 0.15) is 11.1 Å². The summed E-state index contributed by atoms with van der Waals surface area (Å²) in [6, 6.07) is 27.5. The second-order valence-electron chi connectivity index (χ2n) is 5.09. The molecule has 104 valence electrons. The topological polar surface area (TPSA) is 9.23 Å². The van der Waals surface area contributed by atoms with Crippen LogP contribution in [0.2, 0.25) is 0 Å². The Morgan fingerprint density at radius 1 is 0.667 bits per heavy atom. The fourth-order valence-corrected chi connectivity index (χ4v) is 2.48. The molecule has 3 aromatic carbocycles. The highest BCUT2D eigenvalue weighted by atomic mass is 16.5. The van der Waals surface area contributed by atoms with Gasteiger partial charge in [0.25, 0.3) is 0 Å². The van der Waals surface area contributed by atoms with E-state index in [1.54, 1.807) is 7.11 Å². The average Bonchev–Trinajstić information content (AvgIpc) is 2.56. The molecule has 0 fully saturated rings. The van der Waals surface area contributed by atoms with Crippen LogP contribution in [0.3, 0.4) is 0 Å². The monoisotopic (exact) mass is 274 g/mol.